The van der Waals surface area contributed by atoms with Crippen molar-refractivity contribution in [1.29, 1.82) is 0 Å². The summed E-state index contributed by atoms with van der Waals surface area (Å²) in [5.41, 5.74) is 1.06. The lowest BCUT2D eigenvalue weighted by atomic mass is 10.1. The van der Waals surface area contributed by atoms with Crippen LogP contribution in [0.15, 0.2) is 16.9 Å². The van der Waals surface area contributed by atoms with E-state index in [4.69, 9.17) is 9.26 Å². The molecule has 0 radical (unpaired) electrons. The van der Waals surface area contributed by atoms with E-state index in [0.717, 1.165) is 49.8 Å². The third-order valence-electron chi connectivity index (χ3n) is 5.27. The van der Waals surface area contributed by atoms with Gasteiger partial charge in [0.2, 0.25) is 11.8 Å². The Morgan fingerprint density at radius 3 is 2.67 bits per heavy atom. The van der Waals surface area contributed by atoms with Crippen LogP contribution in [-0.2, 0) is 17.8 Å². The van der Waals surface area contributed by atoms with Crippen LogP contribution in [-0.4, -0.2) is 51.3 Å². The molecule has 1 aliphatic heterocycles. The number of nitrogens with one attached hydrogen (secondary N) is 1. The van der Waals surface area contributed by atoms with Gasteiger partial charge >= 0.3 is 0 Å². The molecule has 2 aromatic rings. The highest BCUT2D eigenvalue weighted by molar-refractivity contribution is 5.24. The van der Waals surface area contributed by atoms with E-state index in [1.165, 1.54) is 25.7 Å². The van der Waals surface area contributed by atoms with Crippen molar-refractivity contribution in [2.45, 2.75) is 63.6 Å². The van der Waals surface area contributed by atoms with Crippen molar-refractivity contribution in [1.82, 2.24) is 25.0 Å². The second-order valence-corrected chi connectivity index (χ2v) is 7.63. The van der Waals surface area contributed by atoms with Gasteiger partial charge in [-0.2, -0.15) is 4.98 Å². The molecule has 2 aliphatic rings. The fourth-order valence-corrected chi connectivity index (χ4v) is 3.82. The van der Waals surface area contributed by atoms with Crippen molar-refractivity contribution in [2.24, 2.45) is 0 Å². The van der Waals surface area contributed by atoms with E-state index >= 15 is 0 Å². The molecular weight excluding hydrogens is 344 g/mol. The lowest BCUT2D eigenvalue weighted by Gasteiger charge is -2.14. The highest BCUT2D eigenvalue weighted by Gasteiger charge is 2.23. The van der Waals surface area contributed by atoms with Crippen molar-refractivity contribution >= 4 is 5.95 Å². The zero-order chi connectivity index (χ0) is 18.5. The molecule has 3 heterocycles. The summed E-state index contributed by atoms with van der Waals surface area (Å²) in [4.78, 5) is 15.5. The predicted molar refractivity (Wildman–Crippen MR) is 100 cm³/mol. The Morgan fingerprint density at radius 1 is 1.11 bits per heavy atom. The number of hydrogen-bond acceptors (Lipinski definition) is 8. The van der Waals surface area contributed by atoms with Gasteiger partial charge in [-0.15, -0.1) is 0 Å². The fraction of sp³-hybridized carbons (Fsp3) is 0.684. The summed E-state index contributed by atoms with van der Waals surface area (Å²) in [6.45, 7) is 3.01. The van der Waals surface area contributed by atoms with Gasteiger partial charge in [0.15, 0.2) is 5.82 Å². The van der Waals surface area contributed by atoms with Crippen LogP contribution in [0, 0.1) is 0 Å². The molecule has 146 valence electrons. The van der Waals surface area contributed by atoms with Crippen LogP contribution in [0.1, 0.15) is 61.7 Å². The number of aromatic nitrogens is 4. The summed E-state index contributed by atoms with van der Waals surface area (Å²) in [5, 5.41) is 7.38. The molecule has 1 saturated carbocycles. The lowest BCUT2D eigenvalue weighted by molar-refractivity contribution is 0.120. The zero-order valence-electron chi connectivity index (χ0n) is 15.9. The molecule has 1 atom stereocenters. The summed E-state index contributed by atoms with van der Waals surface area (Å²) in [6, 6.07) is 0. The lowest BCUT2D eigenvalue weighted by Crippen LogP contribution is -2.20. The minimum absolute atomic E-state index is 0.281. The van der Waals surface area contributed by atoms with Gasteiger partial charge in [0.25, 0.3) is 0 Å². The Morgan fingerprint density at radius 2 is 1.93 bits per heavy atom. The molecule has 4 rings (SSSR count). The number of rotatable bonds is 8. The molecule has 0 bridgehead atoms. The van der Waals surface area contributed by atoms with Gasteiger partial charge in [-0.05, 0) is 32.7 Å². The van der Waals surface area contributed by atoms with E-state index in [1.807, 2.05) is 19.4 Å². The second kappa shape index (κ2) is 8.75. The standard InChI is InChI=1S/C19H28N6O2/c1-25(13-17-23-18(27-24-17)15-5-2-3-6-15)12-14-9-20-19(21-10-14)22-11-16-7-4-8-26-16/h9-10,15-16H,2-8,11-13H2,1H3,(H,20,21,22)/t16-/m1/s1. The highest BCUT2D eigenvalue weighted by Crippen LogP contribution is 2.32. The average Bonchev–Trinajstić information content (AvgIpc) is 3.43. The van der Waals surface area contributed by atoms with Gasteiger partial charge in [0.05, 0.1) is 12.6 Å². The summed E-state index contributed by atoms with van der Waals surface area (Å²) in [5.74, 6) is 2.66. The number of ether oxygens (including phenoxy) is 1. The van der Waals surface area contributed by atoms with Gasteiger partial charge < -0.3 is 14.6 Å². The second-order valence-electron chi connectivity index (χ2n) is 7.63. The molecular formula is C19H28N6O2. The highest BCUT2D eigenvalue weighted by atomic mass is 16.5. The first-order valence-electron chi connectivity index (χ1n) is 9.93. The van der Waals surface area contributed by atoms with Crippen molar-refractivity contribution < 1.29 is 9.26 Å². The first-order valence-corrected chi connectivity index (χ1v) is 9.93. The molecule has 1 saturated heterocycles. The largest absolute Gasteiger partial charge is 0.376 e. The summed E-state index contributed by atoms with van der Waals surface area (Å²) < 4.78 is 11.1. The Bertz CT molecular complexity index is 707. The van der Waals surface area contributed by atoms with Gasteiger partial charge in [0, 0.05) is 43.6 Å². The predicted octanol–water partition coefficient (Wildman–Crippen LogP) is 2.74. The topological polar surface area (TPSA) is 89.2 Å². The van der Waals surface area contributed by atoms with Crippen molar-refractivity contribution in [3.8, 4) is 0 Å². The maximum Gasteiger partial charge on any atom is 0.229 e. The van der Waals surface area contributed by atoms with Crippen molar-refractivity contribution in [3.05, 3.63) is 29.7 Å². The van der Waals surface area contributed by atoms with Gasteiger partial charge in [-0.1, -0.05) is 18.0 Å². The third-order valence-corrected chi connectivity index (χ3v) is 5.27. The molecule has 2 fully saturated rings. The monoisotopic (exact) mass is 372 g/mol. The Labute approximate surface area is 159 Å². The SMILES string of the molecule is CN(Cc1cnc(NC[C@H]2CCCO2)nc1)Cc1noc(C2CCCC2)n1. The van der Waals surface area contributed by atoms with Crippen LogP contribution in [0.3, 0.4) is 0 Å². The molecule has 2 aromatic heterocycles. The van der Waals surface area contributed by atoms with E-state index in [1.54, 1.807) is 0 Å². The molecule has 0 amide bonds. The first kappa shape index (κ1) is 18.3. The van der Waals surface area contributed by atoms with Gasteiger partial charge in [-0.25, -0.2) is 9.97 Å². The minimum Gasteiger partial charge on any atom is -0.376 e. The maximum absolute atomic E-state index is 5.60. The van der Waals surface area contributed by atoms with E-state index in [2.05, 4.69) is 30.3 Å². The van der Waals surface area contributed by atoms with Crippen molar-refractivity contribution in [2.75, 3.05) is 25.5 Å². The molecule has 1 N–H and O–H groups in total. The number of nitrogens with zero attached hydrogens (tertiary/aromatic N) is 5. The minimum atomic E-state index is 0.281. The molecule has 27 heavy (non-hydrogen) atoms. The van der Waals surface area contributed by atoms with Crippen LogP contribution in [0.2, 0.25) is 0 Å². The maximum atomic E-state index is 5.60. The fourth-order valence-electron chi connectivity index (χ4n) is 3.82. The Hall–Kier alpha value is -2.06. The zero-order valence-corrected chi connectivity index (χ0v) is 15.9. The quantitative estimate of drug-likeness (QED) is 0.757. The molecule has 0 aromatic carbocycles. The Kier molecular flexibility index (Phi) is 5.94. The van der Waals surface area contributed by atoms with Crippen LogP contribution in [0.5, 0.6) is 0 Å². The van der Waals surface area contributed by atoms with Crippen LogP contribution < -0.4 is 5.32 Å². The van der Waals surface area contributed by atoms with Crippen LogP contribution in [0.25, 0.3) is 0 Å². The van der Waals surface area contributed by atoms with Gasteiger partial charge in [0.1, 0.15) is 0 Å². The molecule has 1 aliphatic carbocycles. The molecule has 0 unspecified atom stereocenters. The Balaban J connectivity index is 1.24. The van der Waals surface area contributed by atoms with Gasteiger partial charge in [-0.3, -0.25) is 4.90 Å². The third kappa shape index (κ3) is 5.01. The number of anilines is 1. The summed E-state index contributed by atoms with van der Waals surface area (Å²) >= 11 is 0. The summed E-state index contributed by atoms with van der Waals surface area (Å²) in [6.07, 6.45) is 11.1. The van der Waals surface area contributed by atoms with E-state index < -0.39 is 0 Å². The van der Waals surface area contributed by atoms with E-state index in [9.17, 15) is 0 Å². The van der Waals surface area contributed by atoms with E-state index in [-0.39, 0.29) is 6.10 Å². The molecule has 8 nitrogen and oxygen atoms in total. The summed E-state index contributed by atoms with van der Waals surface area (Å²) in [7, 11) is 2.04. The molecule has 8 heteroatoms. The molecule has 0 spiro atoms. The van der Waals surface area contributed by atoms with E-state index in [0.29, 0.717) is 18.4 Å². The van der Waals surface area contributed by atoms with Crippen molar-refractivity contribution in [3.63, 3.8) is 0 Å². The normalized spacial score (nSPS) is 20.6. The van der Waals surface area contributed by atoms with Crippen LogP contribution in [0.4, 0.5) is 5.95 Å². The average molecular weight is 372 g/mol. The van der Waals surface area contributed by atoms with Crippen LogP contribution >= 0.6 is 0 Å². The smallest absolute Gasteiger partial charge is 0.229 e. The first-order chi connectivity index (χ1) is 13.3. The number of hydrogen-bond donors (Lipinski definition) is 1.